The molecule has 0 amide bonds. The number of ether oxygens (including phenoxy) is 1. The van der Waals surface area contributed by atoms with Crippen LogP contribution in [0.3, 0.4) is 0 Å². The average Bonchev–Trinajstić information content (AvgIpc) is 2.42. The van der Waals surface area contributed by atoms with E-state index < -0.39 is 11.0 Å². The molecule has 0 aliphatic heterocycles. The number of hydrogen-bond acceptors (Lipinski definition) is 3. The highest BCUT2D eigenvalue weighted by molar-refractivity contribution is 5.76. The summed E-state index contributed by atoms with van der Waals surface area (Å²) in [6.45, 7) is 9.24. The van der Waals surface area contributed by atoms with Crippen LogP contribution in [0, 0.1) is 5.41 Å². The van der Waals surface area contributed by atoms with Gasteiger partial charge in [-0.25, -0.2) is 0 Å². The van der Waals surface area contributed by atoms with Gasteiger partial charge in [-0.1, -0.05) is 37.3 Å². The lowest BCUT2D eigenvalue weighted by molar-refractivity contribution is -0.160. The van der Waals surface area contributed by atoms with Gasteiger partial charge in [0.2, 0.25) is 0 Å². The van der Waals surface area contributed by atoms with Gasteiger partial charge in [-0.2, -0.15) is 0 Å². The van der Waals surface area contributed by atoms with Gasteiger partial charge in [0.1, 0.15) is 6.61 Å². The fourth-order valence-corrected chi connectivity index (χ4v) is 2.36. The summed E-state index contributed by atoms with van der Waals surface area (Å²) < 4.78 is 5.26. The van der Waals surface area contributed by atoms with Crippen molar-refractivity contribution in [3.63, 3.8) is 0 Å². The van der Waals surface area contributed by atoms with Crippen LogP contribution >= 0.6 is 0 Å². The number of carbonyl (C=O) groups is 1. The standard InChI is InChI=1S/C18H28O3/c1-6-14(15-10-8-7-9-11-15)12-17(2,3)16(19)21-13-18(4,5)20/h7-11,14,20H,6,12-13H2,1-5H3. The van der Waals surface area contributed by atoms with Crippen LogP contribution in [0.4, 0.5) is 0 Å². The lowest BCUT2D eigenvalue weighted by atomic mass is 9.79. The fourth-order valence-electron chi connectivity index (χ4n) is 2.36. The third-order valence-corrected chi connectivity index (χ3v) is 3.63. The molecule has 1 N–H and O–H groups in total. The highest BCUT2D eigenvalue weighted by Crippen LogP contribution is 2.34. The zero-order chi connectivity index (χ0) is 16.1. The van der Waals surface area contributed by atoms with Gasteiger partial charge in [-0.3, -0.25) is 4.79 Å². The van der Waals surface area contributed by atoms with Crippen LogP contribution in [0.1, 0.15) is 58.9 Å². The second-order valence-electron chi connectivity index (χ2n) is 6.99. The predicted molar refractivity (Wildman–Crippen MR) is 85.1 cm³/mol. The van der Waals surface area contributed by atoms with Crippen LogP contribution in [0.5, 0.6) is 0 Å². The molecule has 3 nitrogen and oxygen atoms in total. The van der Waals surface area contributed by atoms with Crippen molar-refractivity contribution in [2.24, 2.45) is 5.41 Å². The summed E-state index contributed by atoms with van der Waals surface area (Å²) in [6, 6.07) is 10.3. The van der Waals surface area contributed by atoms with Crippen molar-refractivity contribution >= 4 is 5.97 Å². The number of carbonyl (C=O) groups excluding carboxylic acids is 1. The number of esters is 1. The number of benzene rings is 1. The van der Waals surface area contributed by atoms with Crippen LogP contribution in [0.2, 0.25) is 0 Å². The van der Waals surface area contributed by atoms with Gasteiger partial charge in [-0.15, -0.1) is 0 Å². The van der Waals surface area contributed by atoms with Crippen molar-refractivity contribution in [2.75, 3.05) is 6.61 Å². The van der Waals surface area contributed by atoms with Gasteiger partial charge in [0.05, 0.1) is 11.0 Å². The van der Waals surface area contributed by atoms with Gasteiger partial charge in [0.25, 0.3) is 0 Å². The summed E-state index contributed by atoms with van der Waals surface area (Å²) in [4.78, 5) is 12.3. The second kappa shape index (κ2) is 7.08. The van der Waals surface area contributed by atoms with E-state index in [0.717, 1.165) is 12.8 Å². The van der Waals surface area contributed by atoms with Crippen molar-refractivity contribution in [3.05, 3.63) is 35.9 Å². The molecule has 3 heteroatoms. The van der Waals surface area contributed by atoms with Crippen molar-refractivity contribution in [2.45, 2.75) is 59.0 Å². The summed E-state index contributed by atoms with van der Waals surface area (Å²) in [5.41, 5.74) is -0.305. The molecule has 0 spiro atoms. The van der Waals surface area contributed by atoms with Gasteiger partial charge in [-0.05, 0) is 52.0 Å². The second-order valence-corrected chi connectivity index (χ2v) is 6.99. The molecule has 0 aliphatic carbocycles. The smallest absolute Gasteiger partial charge is 0.311 e. The van der Waals surface area contributed by atoms with E-state index in [1.165, 1.54) is 5.56 Å². The van der Waals surface area contributed by atoms with Crippen LogP contribution in [-0.2, 0) is 9.53 Å². The van der Waals surface area contributed by atoms with E-state index in [4.69, 9.17) is 4.74 Å². The maximum atomic E-state index is 12.3. The van der Waals surface area contributed by atoms with Crippen LogP contribution in [-0.4, -0.2) is 23.3 Å². The Bertz CT molecular complexity index is 443. The maximum Gasteiger partial charge on any atom is 0.311 e. The van der Waals surface area contributed by atoms with E-state index in [9.17, 15) is 9.90 Å². The molecule has 1 aromatic rings. The van der Waals surface area contributed by atoms with Crippen LogP contribution in [0.25, 0.3) is 0 Å². The van der Waals surface area contributed by atoms with E-state index in [1.54, 1.807) is 13.8 Å². The summed E-state index contributed by atoms with van der Waals surface area (Å²) in [5, 5.41) is 9.66. The Hall–Kier alpha value is -1.35. The first-order valence-electron chi connectivity index (χ1n) is 7.60. The number of hydrogen-bond donors (Lipinski definition) is 1. The molecule has 1 rings (SSSR count). The first-order valence-corrected chi connectivity index (χ1v) is 7.60. The zero-order valence-electron chi connectivity index (χ0n) is 13.8. The molecule has 0 saturated carbocycles. The van der Waals surface area contributed by atoms with Gasteiger partial charge >= 0.3 is 5.97 Å². The minimum Gasteiger partial charge on any atom is -0.462 e. The Labute approximate surface area is 128 Å². The molecule has 0 radical (unpaired) electrons. The average molecular weight is 292 g/mol. The first-order chi connectivity index (χ1) is 9.65. The van der Waals surface area contributed by atoms with E-state index in [2.05, 4.69) is 19.1 Å². The summed E-state index contributed by atoms with van der Waals surface area (Å²) in [6.07, 6.45) is 1.71. The molecular weight excluding hydrogens is 264 g/mol. The Morgan fingerprint density at radius 1 is 1.19 bits per heavy atom. The molecule has 0 saturated heterocycles. The highest BCUT2D eigenvalue weighted by Gasteiger charge is 2.33. The van der Waals surface area contributed by atoms with Crippen molar-refractivity contribution in [3.8, 4) is 0 Å². The minimum atomic E-state index is -0.991. The largest absolute Gasteiger partial charge is 0.462 e. The molecule has 1 aromatic carbocycles. The molecule has 0 fully saturated rings. The quantitative estimate of drug-likeness (QED) is 0.775. The van der Waals surface area contributed by atoms with Crippen molar-refractivity contribution in [1.82, 2.24) is 0 Å². The van der Waals surface area contributed by atoms with E-state index >= 15 is 0 Å². The zero-order valence-corrected chi connectivity index (χ0v) is 13.8. The molecule has 0 heterocycles. The Kier molecular flexibility index (Phi) is 5.97. The van der Waals surface area contributed by atoms with Gasteiger partial charge in [0.15, 0.2) is 0 Å². The lowest BCUT2D eigenvalue weighted by Gasteiger charge is -2.29. The minimum absolute atomic E-state index is 0.0252. The third kappa shape index (κ3) is 5.88. The fraction of sp³-hybridized carbons (Fsp3) is 0.611. The molecular formula is C18H28O3. The Morgan fingerprint density at radius 3 is 2.24 bits per heavy atom. The van der Waals surface area contributed by atoms with E-state index in [0.29, 0.717) is 5.92 Å². The lowest BCUT2D eigenvalue weighted by Crippen LogP contribution is -2.34. The molecule has 1 unspecified atom stereocenters. The summed E-state index contributed by atoms with van der Waals surface area (Å²) in [7, 11) is 0. The molecule has 21 heavy (non-hydrogen) atoms. The molecule has 1 atom stereocenters. The molecule has 0 aliphatic rings. The van der Waals surface area contributed by atoms with Gasteiger partial charge in [0, 0.05) is 0 Å². The third-order valence-electron chi connectivity index (χ3n) is 3.63. The van der Waals surface area contributed by atoms with Crippen molar-refractivity contribution in [1.29, 1.82) is 0 Å². The van der Waals surface area contributed by atoms with E-state index in [-0.39, 0.29) is 12.6 Å². The van der Waals surface area contributed by atoms with Crippen LogP contribution in [0.15, 0.2) is 30.3 Å². The molecule has 118 valence electrons. The SMILES string of the molecule is CCC(CC(C)(C)C(=O)OCC(C)(C)O)c1ccccc1. The number of aliphatic hydroxyl groups is 1. The first kappa shape index (κ1) is 17.7. The summed E-state index contributed by atoms with van der Waals surface area (Å²) >= 11 is 0. The van der Waals surface area contributed by atoms with Gasteiger partial charge < -0.3 is 9.84 Å². The van der Waals surface area contributed by atoms with Crippen molar-refractivity contribution < 1.29 is 14.6 Å². The van der Waals surface area contributed by atoms with E-state index in [1.807, 2.05) is 32.0 Å². The van der Waals surface area contributed by atoms with Crippen LogP contribution < -0.4 is 0 Å². The highest BCUT2D eigenvalue weighted by atomic mass is 16.5. The Balaban J connectivity index is 2.71. The summed E-state index contributed by atoms with van der Waals surface area (Å²) in [5.74, 6) is 0.0786. The normalized spacial score (nSPS) is 13.8. The monoisotopic (exact) mass is 292 g/mol. The Morgan fingerprint density at radius 2 is 1.76 bits per heavy atom. The predicted octanol–water partition coefficient (Wildman–Crippen LogP) is 3.91. The number of rotatable bonds is 7. The topological polar surface area (TPSA) is 46.5 Å². The molecule has 0 aromatic heterocycles. The maximum absolute atomic E-state index is 12.3. The molecule has 0 bridgehead atoms.